The monoisotopic (exact) mass is 513 g/mol. The molecule has 1 aromatic carbocycles. The summed E-state index contributed by atoms with van der Waals surface area (Å²) in [6, 6.07) is 10.0. The van der Waals surface area contributed by atoms with Crippen molar-refractivity contribution < 1.29 is 4.39 Å². The van der Waals surface area contributed by atoms with Gasteiger partial charge in [-0.3, -0.25) is 9.67 Å². The van der Waals surface area contributed by atoms with Gasteiger partial charge in [0, 0.05) is 45.4 Å². The van der Waals surface area contributed by atoms with Gasteiger partial charge in [-0.1, -0.05) is 18.2 Å². The molecule has 3 aliphatic rings. The molecule has 3 fully saturated rings. The molecular formula is C28H28FN7S. The van der Waals surface area contributed by atoms with Gasteiger partial charge in [-0.05, 0) is 68.7 Å². The zero-order chi connectivity index (χ0) is 25.5. The minimum atomic E-state index is -0.311. The maximum atomic E-state index is 14.0. The fourth-order valence-corrected chi connectivity index (χ4v) is 7.02. The highest BCUT2D eigenvalue weighted by atomic mass is 32.2. The maximum Gasteiger partial charge on any atom is 0.123 e. The lowest BCUT2D eigenvalue weighted by molar-refractivity contribution is 0.215. The van der Waals surface area contributed by atoms with Crippen LogP contribution in [0.4, 0.5) is 4.39 Å². The molecule has 9 heteroatoms. The van der Waals surface area contributed by atoms with Crippen LogP contribution >= 0.6 is 11.8 Å². The van der Waals surface area contributed by atoms with E-state index in [2.05, 4.69) is 45.9 Å². The molecular weight excluding hydrogens is 485 g/mol. The summed E-state index contributed by atoms with van der Waals surface area (Å²) in [5, 5.41) is 22.8. The zero-order valence-electron chi connectivity index (χ0n) is 20.7. The predicted octanol–water partition coefficient (Wildman–Crippen LogP) is 5.57. The van der Waals surface area contributed by atoms with E-state index in [-0.39, 0.29) is 5.82 Å². The van der Waals surface area contributed by atoms with Gasteiger partial charge < -0.3 is 5.32 Å². The number of benzene rings is 1. The van der Waals surface area contributed by atoms with Gasteiger partial charge in [0.1, 0.15) is 11.9 Å². The molecule has 0 amide bonds. The van der Waals surface area contributed by atoms with Gasteiger partial charge >= 0.3 is 0 Å². The first-order chi connectivity index (χ1) is 18.1. The third-order valence-electron chi connectivity index (χ3n) is 7.76. The van der Waals surface area contributed by atoms with Crippen molar-refractivity contribution in [3.8, 4) is 17.2 Å². The van der Waals surface area contributed by atoms with Crippen LogP contribution < -0.4 is 5.32 Å². The number of piperidine rings is 1. The Bertz CT molecular complexity index is 1530. The van der Waals surface area contributed by atoms with E-state index in [0.29, 0.717) is 30.1 Å². The van der Waals surface area contributed by atoms with Gasteiger partial charge in [-0.15, -0.1) is 0 Å². The van der Waals surface area contributed by atoms with Crippen molar-refractivity contribution in [3.63, 3.8) is 0 Å². The Kier molecular flexibility index (Phi) is 6.31. The van der Waals surface area contributed by atoms with E-state index in [1.54, 1.807) is 16.8 Å². The largest absolute Gasteiger partial charge is 0.314 e. The molecule has 2 aliphatic heterocycles. The molecule has 4 aromatic rings. The summed E-state index contributed by atoms with van der Waals surface area (Å²) in [4.78, 5) is 5.70. The normalized spacial score (nSPS) is 21.2. The first-order valence-corrected chi connectivity index (χ1v) is 13.5. The molecule has 7 rings (SSSR count). The van der Waals surface area contributed by atoms with Gasteiger partial charge in [-0.2, -0.15) is 15.5 Å². The molecule has 5 heterocycles. The van der Waals surface area contributed by atoms with E-state index in [0.717, 1.165) is 50.7 Å². The summed E-state index contributed by atoms with van der Waals surface area (Å²) >= 11 is 1.49. The Labute approximate surface area is 219 Å². The summed E-state index contributed by atoms with van der Waals surface area (Å²) in [5.74, 6) is 0.285. The van der Waals surface area contributed by atoms with Crippen molar-refractivity contribution in [1.82, 2.24) is 24.7 Å². The van der Waals surface area contributed by atoms with Crippen LogP contribution in [-0.2, 0) is 6.54 Å². The highest BCUT2D eigenvalue weighted by molar-refractivity contribution is 7.99. The van der Waals surface area contributed by atoms with Crippen molar-refractivity contribution >= 4 is 24.0 Å². The summed E-state index contributed by atoms with van der Waals surface area (Å²) < 4.78 is 17.9. The third-order valence-corrected chi connectivity index (χ3v) is 8.91. The number of rotatable bonds is 6. The van der Waals surface area contributed by atoms with Crippen LogP contribution in [0.15, 0.2) is 57.6 Å². The molecule has 2 saturated heterocycles. The third kappa shape index (κ3) is 4.34. The quantitative estimate of drug-likeness (QED) is 0.341. The zero-order valence-corrected chi connectivity index (χ0v) is 21.5. The van der Waals surface area contributed by atoms with Gasteiger partial charge in [0.15, 0.2) is 0 Å². The summed E-state index contributed by atoms with van der Waals surface area (Å²) in [7, 11) is 0. The van der Waals surface area contributed by atoms with Crippen LogP contribution in [0.5, 0.6) is 0 Å². The van der Waals surface area contributed by atoms with Crippen molar-refractivity contribution in [1.29, 1.82) is 5.26 Å². The minimum absolute atomic E-state index is 0.310. The second kappa shape index (κ2) is 9.77. The number of fused-ring (bicyclic) bond motifs is 5. The second-order valence-corrected chi connectivity index (χ2v) is 11.1. The van der Waals surface area contributed by atoms with Gasteiger partial charge in [0.2, 0.25) is 0 Å². The maximum absolute atomic E-state index is 14.0. The number of aromatic nitrogens is 4. The number of pyridine rings is 1. The Morgan fingerprint density at radius 2 is 2.14 bits per heavy atom. The molecule has 188 valence electrons. The lowest BCUT2D eigenvalue weighted by Crippen LogP contribution is -2.42. The predicted molar refractivity (Wildman–Crippen MR) is 142 cm³/mol. The van der Waals surface area contributed by atoms with Gasteiger partial charge in [0.25, 0.3) is 0 Å². The number of hydrogen-bond acceptors (Lipinski definition) is 6. The Hall–Kier alpha value is -3.48. The molecule has 1 aliphatic carbocycles. The van der Waals surface area contributed by atoms with Crippen LogP contribution in [-0.4, -0.2) is 38.7 Å². The number of halogens is 1. The molecule has 3 aromatic heterocycles. The fraction of sp³-hybridized carbons (Fsp3) is 0.357. The van der Waals surface area contributed by atoms with Crippen molar-refractivity contribution in [3.05, 3.63) is 65.5 Å². The molecule has 2 bridgehead atoms. The summed E-state index contributed by atoms with van der Waals surface area (Å²) in [5.41, 5.74) is 5.15. The smallest absolute Gasteiger partial charge is 0.123 e. The van der Waals surface area contributed by atoms with Crippen molar-refractivity contribution in [2.75, 3.05) is 6.54 Å². The van der Waals surface area contributed by atoms with Crippen molar-refractivity contribution in [2.45, 2.75) is 61.0 Å². The standard InChI is InChI=1S/C28H28FN7S/c1-17-24(15-34-36(17)25-10-23-5-3-4-18(25)13-32-23)20-9-27(28-21(11-30)14-33-35(28)16-20)37-26-7-6-22(29)8-19(26)12-31-2/h6-9,14-16,18,23,25,32H,2-5,10,12-13H2,1H3/t18?,23-,25-/m1/s1. The highest BCUT2D eigenvalue weighted by Crippen LogP contribution is 2.40. The average molecular weight is 514 g/mol. The van der Waals surface area contributed by atoms with E-state index >= 15 is 0 Å². The Morgan fingerprint density at radius 3 is 2.97 bits per heavy atom. The SMILES string of the molecule is C=NCc1cc(F)ccc1Sc1cc(-c2cnn([C@@H]3C[C@H]4CCCC3CN4)c2C)cn2ncc(C#N)c12. The number of nitrogens with one attached hydrogen (secondary N) is 1. The molecule has 1 saturated carbocycles. The van der Waals surface area contributed by atoms with E-state index in [1.165, 1.54) is 43.2 Å². The lowest BCUT2D eigenvalue weighted by Gasteiger charge is -2.34. The van der Waals surface area contributed by atoms with Crippen LogP contribution in [0.1, 0.15) is 48.5 Å². The molecule has 0 radical (unpaired) electrons. The number of nitrogens with zero attached hydrogens (tertiary/aromatic N) is 6. The number of aliphatic imine (C=N–C) groups is 1. The van der Waals surface area contributed by atoms with Crippen LogP contribution in [0.3, 0.4) is 0 Å². The molecule has 0 spiro atoms. The Balaban J connectivity index is 1.43. The average Bonchev–Trinajstić information content (AvgIpc) is 3.34. The fourth-order valence-electron chi connectivity index (χ4n) is 5.90. The molecule has 3 atom stereocenters. The molecule has 7 nitrogen and oxygen atoms in total. The number of nitriles is 1. The van der Waals surface area contributed by atoms with Gasteiger partial charge in [0.05, 0.1) is 36.1 Å². The van der Waals surface area contributed by atoms with E-state index in [9.17, 15) is 9.65 Å². The van der Waals surface area contributed by atoms with Crippen molar-refractivity contribution in [2.24, 2.45) is 10.9 Å². The second-order valence-electron chi connectivity index (χ2n) is 9.98. The molecule has 37 heavy (non-hydrogen) atoms. The molecule has 1 unspecified atom stereocenters. The first kappa shape index (κ1) is 23.9. The topological polar surface area (TPSA) is 83.3 Å². The first-order valence-electron chi connectivity index (χ1n) is 12.6. The summed E-state index contributed by atoms with van der Waals surface area (Å²) in [6.45, 7) is 7.08. The highest BCUT2D eigenvalue weighted by Gasteiger charge is 2.35. The number of hydrogen-bond donors (Lipinski definition) is 1. The minimum Gasteiger partial charge on any atom is -0.314 e. The van der Waals surface area contributed by atoms with E-state index < -0.39 is 0 Å². The molecule has 1 N–H and O–H groups in total. The lowest BCUT2D eigenvalue weighted by atomic mass is 9.90. The van der Waals surface area contributed by atoms with Crippen LogP contribution in [0.2, 0.25) is 0 Å². The Morgan fingerprint density at radius 1 is 1.24 bits per heavy atom. The van der Waals surface area contributed by atoms with E-state index in [1.807, 2.05) is 12.4 Å². The van der Waals surface area contributed by atoms with E-state index in [4.69, 9.17) is 5.10 Å². The van der Waals surface area contributed by atoms with Crippen LogP contribution in [0.25, 0.3) is 16.6 Å². The summed E-state index contributed by atoms with van der Waals surface area (Å²) in [6.07, 6.45) is 10.4. The van der Waals surface area contributed by atoms with Crippen LogP contribution in [0, 0.1) is 30.0 Å². The van der Waals surface area contributed by atoms with Gasteiger partial charge in [-0.25, -0.2) is 8.91 Å².